The van der Waals surface area contributed by atoms with E-state index in [2.05, 4.69) is 9.97 Å². The number of carbonyl (C=O) groups is 1. The first-order chi connectivity index (χ1) is 6.79. The molecular formula is C11H10N2O. The van der Waals surface area contributed by atoms with E-state index in [1.807, 2.05) is 31.2 Å². The number of imidazole rings is 1. The van der Waals surface area contributed by atoms with Crippen LogP contribution in [0.25, 0.3) is 11.4 Å². The lowest BCUT2D eigenvalue weighted by Crippen LogP contribution is -1.82. The minimum Gasteiger partial charge on any atom is -0.344 e. The highest BCUT2D eigenvalue weighted by molar-refractivity contribution is 5.73. The molecule has 0 atom stereocenters. The number of hydrogen-bond donors (Lipinski definition) is 1. The second kappa shape index (κ2) is 3.46. The van der Waals surface area contributed by atoms with Crippen LogP contribution in [0.3, 0.4) is 0 Å². The highest BCUT2D eigenvalue weighted by atomic mass is 16.1. The molecule has 0 amide bonds. The number of benzene rings is 1. The summed E-state index contributed by atoms with van der Waals surface area (Å²) in [7, 11) is 0. The van der Waals surface area contributed by atoms with Gasteiger partial charge in [-0.2, -0.15) is 0 Å². The van der Waals surface area contributed by atoms with Crippen molar-refractivity contribution in [3.63, 3.8) is 0 Å². The fourth-order valence-electron chi connectivity index (χ4n) is 1.34. The average molecular weight is 186 g/mol. The maximum Gasteiger partial charge on any atom is 0.170 e. The summed E-state index contributed by atoms with van der Waals surface area (Å²) < 4.78 is 0. The van der Waals surface area contributed by atoms with Gasteiger partial charge in [-0.25, -0.2) is 4.98 Å². The van der Waals surface area contributed by atoms with Crippen LogP contribution in [0, 0.1) is 6.92 Å². The van der Waals surface area contributed by atoms with Crippen molar-refractivity contribution in [1.82, 2.24) is 9.97 Å². The van der Waals surface area contributed by atoms with Gasteiger partial charge in [0, 0.05) is 11.8 Å². The third-order valence-corrected chi connectivity index (χ3v) is 2.01. The molecule has 0 bridgehead atoms. The van der Waals surface area contributed by atoms with Gasteiger partial charge in [0.1, 0.15) is 11.5 Å². The van der Waals surface area contributed by atoms with E-state index in [0.717, 1.165) is 17.7 Å². The van der Waals surface area contributed by atoms with Gasteiger partial charge in [0.15, 0.2) is 6.29 Å². The minimum atomic E-state index is 0.432. The van der Waals surface area contributed by atoms with Crippen LogP contribution in [0.15, 0.2) is 30.5 Å². The van der Waals surface area contributed by atoms with E-state index in [0.29, 0.717) is 5.69 Å². The van der Waals surface area contributed by atoms with Gasteiger partial charge < -0.3 is 4.98 Å². The molecule has 0 aliphatic heterocycles. The quantitative estimate of drug-likeness (QED) is 0.731. The Bertz CT molecular complexity index is 460. The van der Waals surface area contributed by atoms with Gasteiger partial charge in [-0.3, -0.25) is 4.79 Å². The third-order valence-electron chi connectivity index (χ3n) is 2.01. The number of aryl methyl sites for hydroxylation is 1. The highest BCUT2D eigenvalue weighted by Gasteiger charge is 2.02. The van der Waals surface area contributed by atoms with Crippen LogP contribution in [0.5, 0.6) is 0 Å². The van der Waals surface area contributed by atoms with Crippen molar-refractivity contribution in [3.05, 3.63) is 41.7 Å². The third kappa shape index (κ3) is 1.57. The molecule has 0 aliphatic carbocycles. The Labute approximate surface area is 81.8 Å². The van der Waals surface area contributed by atoms with Crippen LogP contribution in [0.2, 0.25) is 0 Å². The van der Waals surface area contributed by atoms with Crippen molar-refractivity contribution in [2.75, 3.05) is 0 Å². The molecule has 0 aliphatic rings. The molecular weight excluding hydrogens is 176 g/mol. The summed E-state index contributed by atoms with van der Waals surface area (Å²) in [5.41, 5.74) is 2.60. The number of aromatic nitrogens is 2. The molecule has 2 aromatic rings. The van der Waals surface area contributed by atoms with Crippen molar-refractivity contribution in [1.29, 1.82) is 0 Å². The van der Waals surface area contributed by atoms with Gasteiger partial charge in [-0.05, 0) is 13.0 Å². The molecule has 0 radical (unpaired) electrons. The number of aldehydes is 1. The van der Waals surface area contributed by atoms with Gasteiger partial charge in [0.05, 0.1) is 0 Å². The molecule has 3 heteroatoms. The van der Waals surface area contributed by atoms with E-state index in [-0.39, 0.29) is 0 Å². The fourth-order valence-corrected chi connectivity index (χ4v) is 1.34. The normalized spacial score (nSPS) is 10.1. The van der Waals surface area contributed by atoms with E-state index in [1.165, 1.54) is 5.56 Å². The van der Waals surface area contributed by atoms with E-state index >= 15 is 0 Å². The molecule has 0 saturated carbocycles. The van der Waals surface area contributed by atoms with Gasteiger partial charge >= 0.3 is 0 Å². The SMILES string of the molecule is Cc1cccc(-c2nc(C=O)c[nH]2)c1. The first-order valence-corrected chi connectivity index (χ1v) is 4.37. The number of H-pyrrole nitrogens is 1. The van der Waals surface area contributed by atoms with Crippen molar-refractivity contribution < 1.29 is 4.79 Å². The van der Waals surface area contributed by atoms with Crippen LogP contribution < -0.4 is 0 Å². The first-order valence-electron chi connectivity index (χ1n) is 4.37. The zero-order valence-electron chi connectivity index (χ0n) is 7.82. The van der Waals surface area contributed by atoms with Crippen molar-refractivity contribution in [2.45, 2.75) is 6.92 Å². The zero-order valence-corrected chi connectivity index (χ0v) is 7.82. The van der Waals surface area contributed by atoms with Gasteiger partial charge in [0.25, 0.3) is 0 Å². The molecule has 1 heterocycles. The van der Waals surface area contributed by atoms with Crippen LogP contribution in [-0.4, -0.2) is 16.3 Å². The Morgan fingerprint density at radius 2 is 2.29 bits per heavy atom. The molecule has 0 saturated heterocycles. The summed E-state index contributed by atoms with van der Waals surface area (Å²) in [5, 5.41) is 0. The Morgan fingerprint density at radius 1 is 1.43 bits per heavy atom. The zero-order chi connectivity index (χ0) is 9.97. The Hall–Kier alpha value is -1.90. The molecule has 1 aromatic carbocycles. The summed E-state index contributed by atoms with van der Waals surface area (Å²) in [4.78, 5) is 17.5. The molecule has 14 heavy (non-hydrogen) atoms. The van der Waals surface area contributed by atoms with Gasteiger partial charge in [-0.15, -0.1) is 0 Å². The topological polar surface area (TPSA) is 45.8 Å². The second-order valence-electron chi connectivity index (χ2n) is 3.16. The van der Waals surface area contributed by atoms with E-state index in [9.17, 15) is 4.79 Å². The Kier molecular flexibility index (Phi) is 2.14. The standard InChI is InChI=1S/C11H10N2O/c1-8-3-2-4-9(5-8)11-12-6-10(7-14)13-11/h2-7H,1H3,(H,12,13). The first kappa shape index (κ1) is 8.69. The summed E-state index contributed by atoms with van der Waals surface area (Å²) in [5.74, 6) is 0.732. The molecule has 0 spiro atoms. The molecule has 1 N–H and O–H groups in total. The molecule has 1 aromatic heterocycles. The van der Waals surface area contributed by atoms with Crippen LogP contribution in [-0.2, 0) is 0 Å². The summed E-state index contributed by atoms with van der Waals surface area (Å²) in [6, 6.07) is 7.97. The number of rotatable bonds is 2. The van der Waals surface area contributed by atoms with E-state index in [1.54, 1.807) is 6.20 Å². The lowest BCUT2D eigenvalue weighted by molar-refractivity contribution is 0.111. The van der Waals surface area contributed by atoms with E-state index < -0.39 is 0 Å². The lowest BCUT2D eigenvalue weighted by Gasteiger charge is -1.97. The van der Waals surface area contributed by atoms with E-state index in [4.69, 9.17) is 0 Å². The smallest absolute Gasteiger partial charge is 0.170 e. The maximum atomic E-state index is 10.4. The number of aromatic amines is 1. The number of carbonyl (C=O) groups excluding carboxylic acids is 1. The largest absolute Gasteiger partial charge is 0.344 e. The monoisotopic (exact) mass is 186 g/mol. The Morgan fingerprint density at radius 3 is 2.93 bits per heavy atom. The van der Waals surface area contributed by atoms with Gasteiger partial charge in [0.2, 0.25) is 0 Å². The molecule has 0 unspecified atom stereocenters. The molecule has 70 valence electrons. The maximum absolute atomic E-state index is 10.4. The molecule has 2 rings (SSSR count). The number of nitrogens with zero attached hydrogens (tertiary/aromatic N) is 1. The van der Waals surface area contributed by atoms with Crippen LogP contribution >= 0.6 is 0 Å². The van der Waals surface area contributed by atoms with Gasteiger partial charge in [-0.1, -0.05) is 23.8 Å². The average Bonchev–Trinajstić information content (AvgIpc) is 2.66. The second-order valence-corrected chi connectivity index (χ2v) is 3.16. The molecule has 0 fully saturated rings. The Balaban J connectivity index is 2.43. The summed E-state index contributed by atoms with van der Waals surface area (Å²) >= 11 is 0. The number of nitrogens with one attached hydrogen (secondary N) is 1. The summed E-state index contributed by atoms with van der Waals surface area (Å²) in [6.45, 7) is 2.02. The van der Waals surface area contributed by atoms with Crippen LogP contribution in [0.4, 0.5) is 0 Å². The van der Waals surface area contributed by atoms with Crippen molar-refractivity contribution >= 4 is 6.29 Å². The predicted molar refractivity (Wildman–Crippen MR) is 54.1 cm³/mol. The fraction of sp³-hybridized carbons (Fsp3) is 0.0909. The predicted octanol–water partition coefficient (Wildman–Crippen LogP) is 2.20. The lowest BCUT2D eigenvalue weighted by atomic mass is 10.1. The summed E-state index contributed by atoms with van der Waals surface area (Å²) in [6.07, 6.45) is 2.33. The van der Waals surface area contributed by atoms with Crippen molar-refractivity contribution in [2.24, 2.45) is 0 Å². The molecule has 3 nitrogen and oxygen atoms in total. The minimum absolute atomic E-state index is 0.432. The van der Waals surface area contributed by atoms with Crippen LogP contribution in [0.1, 0.15) is 16.1 Å². The van der Waals surface area contributed by atoms with Crippen molar-refractivity contribution in [3.8, 4) is 11.4 Å². The number of hydrogen-bond acceptors (Lipinski definition) is 2. The highest BCUT2D eigenvalue weighted by Crippen LogP contribution is 2.16.